The van der Waals surface area contributed by atoms with Crippen LogP contribution in [0.4, 0.5) is 0 Å². The van der Waals surface area contributed by atoms with Crippen LogP contribution in [0.3, 0.4) is 0 Å². The van der Waals surface area contributed by atoms with Crippen LogP contribution in [-0.2, 0) is 0 Å². The summed E-state index contributed by atoms with van der Waals surface area (Å²) in [6, 6.07) is 9.81. The largest absolute Gasteiger partial charge is 0.245 e. The lowest BCUT2D eigenvalue weighted by molar-refractivity contribution is 1.32. The fourth-order valence-corrected chi connectivity index (χ4v) is 0.984. The third-order valence-electron chi connectivity index (χ3n) is 1.63. The van der Waals surface area contributed by atoms with E-state index in [2.05, 4.69) is 16.7 Å². The Kier molecular flexibility index (Phi) is 3.80. The topological polar surface area (TPSA) is 24.7 Å². The normalized spacial score (nSPS) is 10.9. The van der Waals surface area contributed by atoms with E-state index in [1.807, 2.05) is 44.2 Å². The van der Waals surface area contributed by atoms with Crippen molar-refractivity contribution in [2.45, 2.75) is 13.8 Å². The maximum absolute atomic E-state index is 4.24. The van der Waals surface area contributed by atoms with E-state index in [4.69, 9.17) is 0 Å². The van der Waals surface area contributed by atoms with Gasteiger partial charge in [0.15, 0.2) is 5.84 Å². The van der Waals surface area contributed by atoms with Crippen molar-refractivity contribution < 1.29 is 0 Å². The monoisotopic (exact) mass is 186 g/mol. The lowest BCUT2D eigenvalue weighted by atomic mass is 10.2. The molecule has 0 unspecified atom stereocenters. The van der Waals surface area contributed by atoms with Crippen molar-refractivity contribution in [3.05, 3.63) is 47.7 Å². The molecule has 0 spiro atoms. The van der Waals surface area contributed by atoms with Gasteiger partial charge in [-0.05, 0) is 20.6 Å². The van der Waals surface area contributed by atoms with E-state index >= 15 is 0 Å². The van der Waals surface area contributed by atoms with Gasteiger partial charge in [-0.1, -0.05) is 35.9 Å². The first-order chi connectivity index (χ1) is 6.74. The van der Waals surface area contributed by atoms with Crippen LogP contribution in [0.1, 0.15) is 19.4 Å². The third-order valence-corrected chi connectivity index (χ3v) is 1.63. The molecule has 0 N–H and O–H groups in total. The Labute approximate surface area is 84.7 Å². The molecule has 1 aromatic carbocycles. The molecule has 0 saturated carbocycles. The SMILES string of the molecule is C=NC(=NC=C(C)C)c1ccccc1. The predicted molar refractivity (Wildman–Crippen MR) is 62.0 cm³/mol. The fourth-order valence-electron chi connectivity index (χ4n) is 0.984. The summed E-state index contributed by atoms with van der Waals surface area (Å²) in [5.74, 6) is 0.659. The van der Waals surface area contributed by atoms with Crippen molar-refractivity contribution in [2.24, 2.45) is 9.98 Å². The second kappa shape index (κ2) is 5.12. The summed E-state index contributed by atoms with van der Waals surface area (Å²) < 4.78 is 0. The molecule has 0 aliphatic carbocycles. The van der Waals surface area contributed by atoms with E-state index in [-0.39, 0.29) is 0 Å². The van der Waals surface area contributed by atoms with Crippen LogP contribution >= 0.6 is 0 Å². The van der Waals surface area contributed by atoms with Crippen LogP contribution in [0.25, 0.3) is 0 Å². The van der Waals surface area contributed by atoms with Gasteiger partial charge in [0.1, 0.15) is 0 Å². The summed E-state index contributed by atoms with van der Waals surface area (Å²) in [7, 11) is 0. The summed E-state index contributed by atoms with van der Waals surface area (Å²) in [6.45, 7) is 7.50. The summed E-state index contributed by atoms with van der Waals surface area (Å²) in [4.78, 5) is 8.12. The number of allylic oxidation sites excluding steroid dienone is 1. The minimum absolute atomic E-state index is 0.659. The number of rotatable bonds is 2. The molecule has 0 amide bonds. The van der Waals surface area contributed by atoms with Crippen molar-refractivity contribution in [1.29, 1.82) is 0 Å². The number of nitrogens with zero attached hydrogens (tertiary/aromatic N) is 2. The summed E-state index contributed by atoms with van der Waals surface area (Å²) >= 11 is 0. The molecule has 0 aromatic heterocycles. The first-order valence-corrected chi connectivity index (χ1v) is 4.47. The fraction of sp³-hybridized carbons (Fsp3) is 0.167. The van der Waals surface area contributed by atoms with Crippen LogP contribution in [0, 0.1) is 0 Å². The smallest absolute Gasteiger partial charge is 0.158 e. The van der Waals surface area contributed by atoms with E-state index < -0.39 is 0 Å². The van der Waals surface area contributed by atoms with Gasteiger partial charge in [-0.15, -0.1) is 0 Å². The Bertz CT molecular complexity index is 357. The Balaban J connectivity index is 2.99. The van der Waals surface area contributed by atoms with Gasteiger partial charge in [0.25, 0.3) is 0 Å². The highest BCUT2D eigenvalue weighted by atomic mass is 14.9. The van der Waals surface area contributed by atoms with Gasteiger partial charge in [0.2, 0.25) is 0 Å². The molecule has 0 radical (unpaired) electrons. The van der Waals surface area contributed by atoms with Gasteiger partial charge in [0.05, 0.1) is 0 Å². The highest BCUT2D eigenvalue weighted by Crippen LogP contribution is 2.03. The van der Waals surface area contributed by atoms with Gasteiger partial charge in [-0.2, -0.15) is 0 Å². The van der Waals surface area contributed by atoms with Crippen LogP contribution in [-0.4, -0.2) is 12.6 Å². The molecule has 2 heteroatoms. The molecule has 0 saturated heterocycles. The third kappa shape index (κ3) is 2.98. The lowest BCUT2D eigenvalue weighted by Crippen LogP contribution is -1.94. The van der Waals surface area contributed by atoms with E-state index in [0.717, 1.165) is 11.1 Å². The standard InChI is InChI=1S/C12H14N2/c1-10(2)9-14-12(13-3)11-7-5-4-6-8-11/h4-9H,3H2,1-2H3. The zero-order valence-electron chi connectivity index (χ0n) is 8.57. The van der Waals surface area contributed by atoms with E-state index in [1.165, 1.54) is 0 Å². The van der Waals surface area contributed by atoms with Crippen molar-refractivity contribution >= 4 is 12.6 Å². The second-order valence-corrected chi connectivity index (χ2v) is 3.18. The van der Waals surface area contributed by atoms with E-state index in [1.54, 1.807) is 6.20 Å². The average Bonchev–Trinajstić information content (AvgIpc) is 2.20. The zero-order chi connectivity index (χ0) is 10.4. The molecule has 72 valence electrons. The summed E-state index contributed by atoms with van der Waals surface area (Å²) in [5, 5.41) is 0. The lowest BCUT2D eigenvalue weighted by Gasteiger charge is -1.97. The number of aliphatic imine (C=N–C) groups is 2. The van der Waals surface area contributed by atoms with E-state index in [9.17, 15) is 0 Å². The quantitative estimate of drug-likeness (QED) is 0.501. The number of amidine groups is 1. The second-order valence-electron chi connectivity index (χ2n) is 3.18. The summed E-state index contributed by atoms with van der Waals surface area (Å²) in [5.41, 5.74) is 2.13. The number of hydrogen-bond acceptors (Lipinski definition) is 1. The minimum atomic E-state index is 0.659. The Morgan fingerprint density at radius 1 is 1.21 bits per heavy atom. The molecule has 1 aromatic rings. The van der Waals surface area contributed by atoms with Crippen molar-refractivity contribution in [2.75, 3.05) is 0 Å². The van der Waals surface area contributed by atoms with E-state index in [0.29, 0.717) is 5.84 Å². The highest BCUT2D eigenvalue weighted by molar-refractivity contribution is 6.01. The highest BCUT2D eigenvalue weighted by Gasteiger charge is 1.96. The molecule has 1 rings (SSSR count). The maximum atomic E-state index is 4.24. The average molecular weight is 186 g/mol. The first-order valence-electron chi connectivity index (χ1n) is 4.47. The molecule has 0 atom stereocenters. The number of hydrogen-bond donors (Lipinski definition) is 0. The van der Waals surface area contributed by atoms with Crippen LogP contribution in [0.2, 0.25) is 0 Å². The first kappa shape index (κ1) is 10.4. The molecular weight excluding hydrogens is 172 g/mol. The Hall–Kier alpha value is -1.70. The molecule has 0 aliphatic rings. The van der Waals surface area contributed by atoms with Gasteiger partial charge < -0.3 is 0 Å². The van der Waals surface area contributed by atoms with Crippen molar-refractivity contribution in [3.63, 3.8) is 0 Å². The molecular formula is C12H14N2. The van der Waals surface area contributed by atoms with Crippen LogP contribution in [0.5, 0.6) is 0 Å². The molecule has 0 fully saturated rings. The van der Waals surface area contributed by atoms with Crippen molar-refractivity contribution in [1.82, 2.24) is 0 Å². The number of benzene rings is 1. The molecule has 0 bridgehead atoms. The molecule has 14 heavy (non-hydrogen) atoms. The van der Waals surface area contributed by atoms with Crippen LogP contribution < -0.4 is 0 Å². The zero-order valence-corrected chi connectivity index (χ0v) is 8.57. The molecule has 0 aliphatic heterocycles. The predicted octanol–water partition coefficient (Wildman–Crippen LogP) is 3.06. The minimum Gasteiger partial charge on any atom is -0.245 e. The maximum Gasteiger partial charge on any atom is 0.158 e. The Morgan fingerprint density at radius 3 is 2.36 bits per heavy atom. The van der Waals surface area contributed by atoms with Gasteiger partial charge in [0, 0.05) is 11.8 Å². The van der Waals surface area contributed by atoms with Crippen LogP contribution in [0.15, 0.2) is 52.1 Å². The van der Waals surface area contributed by atoms with Crippen molar-refractivity contribution in [3.8, 4) is 0 Å². The Morgan fingerprint density at radius 2 is 1.86 bits per heavy atom. The summed E-state index contributed by atoms with van der Waals surface area (Å²) in [6.07, 6.45) is 1.79. The molecule has 0 heterocycles. The molecule has 2 nitrogen and oxygen atoms in total. The van der Waals surface area contributed by atoms with Gasteiger partial charge >= 0.3 is 0 Å². The van der Waals surface area contributed by atoms with Gasteiger partial charge in [-0.3, -0.25) is 0 Å². The van der Waals surface area contributed by atoms with Gasteiger partial charge in [-0.25, -0.2) is 9.98 Å².